The molecule has 2 atom stereocenters. The zero-order valence-corrected chi connectivity index (χ0v) is 13.6. The number of unbranched alkanes of at least 4 members (excludes halogenated alkanes) is 1. The molecule has 5 heteroatoms. The van der Waals surface area contributed by atoms with E-state index >= 15 is 0 Å². The highest BCUT2D eigenvalue weighted by atomic mass is 35.5. The van der Waals surface area contributed by atoms with E-state index in [0.29, 0.717) is 17.2 Å². The average molecular weight is 312 g/mol. The number of rotatable bonds is 7. The number of aromatic nitrogens is 2. The summed E-state index contributed by atoms with van der Waals surface area (Å²) < 4.78 is 8.25. The maximum Gasteiger partial charge on any atom is 0.0785 e. The Kier molecular flexibility index (Phi) is 5.19. The van der Waals surface area contributed by atoms with Crippen molar-refractivity contribution in [2.24, 2.45) is 5.92 Å². The molecular weight excluding hydrogens is 286 g/mol. The first-order valence-electron chi connectivity index (χ1n) is 8.30. The molecule has 2 heterocycles. The predicted octanol–water partition coefficient (Wildman–Crippen LogP) is 3.21. The van der Waals surface area contributed by atoms with Gasteiger partial charge in [0.25, 0.3) is 0 Å². The molecule has 1 saturated heterocycles. The summed E-state index contributed by atoms with van der Waals surface area (Å²) in [5.74, 6) is 0.816. The maximum atomic E-state index is 6.31. The zero-order chi connectivity index (χ0) is 14.7. The predicted molar refractivity (Wildman–Crippen MR) is 84.6 cm³/mol. The van der Waals surface area contributed by atoms with E-state index < -0.39 is 0 Å². The maximum absolute atomic E-state index is 6.31. The van der Waals surface area contributed by atoms with Crippen LogP contribution in [0.4, 0.5) is 0 Å². The molecule has 4 nitrogen and oxygen atoms in total. The van der Waals surface area contributed by atoms with Gasteiger partial charge in [-0.15, -0.1) is 0 Å². The first-order chi connectivity index (χ1) is 10.2. The quantitative estimate of drug-likeness (QED) is 0.774. The van der Waals surface area contributed by atoms with E-state index in [2.05, 4.69) is 16.9 Å². The van der Waals surface area contributed by atoms with Crippen LogP contribution in [0.15, 0.2) is 12.4 Å². The first-order valence-corrected chi connectivity index (χ1v) is 8.68. The Balaban J connectivity index is 1.52. The summed E-state index contributed by atoms with van der Waals surface area (Å²) in [4.78, 5) is 2.56. The van der Waals surface area contributed by atoms with Crippen molar-refractivity contribution >= 4 is 11.6 Å². The van der Waals surface area contributed by atoms with Crippen LogP contribution in [0.5, 0.6) is 0 Å². The van der Waals surface area contributed by atoms with Crippen molar-refractivity contribution in [2.75, 3.05) is 19.6 Å². The van der Waals surface area contributed by atoms with Gasteiger partial charge >= 0.3 is 0 Å². The summed E-state index contributed by atoms with van der Waals surface area (Å²) in [6.45, 7) is 6.35. The number of morpholine rings is 1. The average Bonchev–Trinajstić information content (AvgIpc) is 3.26. The molecule has 118 valence electrons. The van der Waals surface area contributed by atoms with Gasteiger partial charge in [0.15, 0.2) is 0 Å². The summed E-state index contributed by atoms with van der Waals surface area (Å²) >= 11 is 5.92. The van der Waals surface area contributed by atoms with Crippen molar-refractivity contribution < 1.29 is 4.74 Å². The lowest BCUT2D eigenvalue weighted by Gasteiger charge is -2.38. The lowest BCUT2D eigenvalue weighted by molar-refractivity contribution is -0.0977. The minimum Gasteiger partial charge on any atom is -0.372 e. The minimum atomic E-state index is 0.422. The van der Waals surface area contributed by atoms with Crippen molar-refractivity contribution in [3.63, 3.8) is 0 Å². The Labute approximate surface area is 132 Å². The van der Waals surface area contributed by atoms with Crippen molar-refractivity contribution in [3.8, 4) is 0 Å². The molecule has 1 aromatic heterocycles. The van der Waals surface area contributed by atoms with E-state index in [1.807, 2.05) is 10.9 Å². The van der Waals surface area contributed by atoms with Crippen LogP contribution in [-0.4, -0.2) is 46.5 Å². The Morgan fingerprint density at radius 3 is 2.86 bits per heavy atom. The highest BCUT2D eigenvalue weighted by Crippen LogP contribution is 2.37. The van der Waals surface area contributed by atoms with Gasteiger partial charge in [-0.2, -0.15) is 5.10 Å². The van der Waals surface area contributed by atoms with E-state index in [-0.39, 0.29) is 0 Å². The van der Waals surface area contributed by atoms with Gasteiger partial charge in [-0.05, 0) is 25.2 Å². The second-order valence-electron chi connectivity index (χ2n) is 6.46. The number of ether oxygens (including phenoxy) is 1. The number of halogens is 1. The summed E-state index contributed by atoms with van der Waals surface area (Å²) in [7, 11) is 0. The van der Waals surface area contributed by atoms with Gasteiger partial charge in [0.05, 0.1) is 30.0 Å². The Bertz CT molecular complexity index is 446. The van der Waals surface area contributed by atoms with Crippen LogP contribution in [-0.2, 0) is 11.3 Å². The number of hydrogen-bond acceptors (Lipinski definition) is 3. The third-order valence-corrected chi connectivity index (χ3v) is 4.74. The van der Waals surface area contributed by atoms with Crippen molar-refractivity contribution in [1.29, 1.82) is 0 Å². The molecule has 0 amide bonds. The molecular formula is C16H26ClN3O. The van der Waals surface area contributed by atoms with E-state index in [1.54, 1.807) is 6.20 Å². The molecule has 0 aromatic carbocycles. The summed E-state index contributed by atoms with van der Waals surface area (Å²) in [6.07, 6.45) is 10.9. The monoisotopic (exact) mass is 311 g/mol. The second-order valence-corrected chi connectivity index (χ2v) is 6.89. The highest BCUT2D eigenvalue weighted by Gasteiger charge is 2.37. The van der Waals surface area contributed by atoms with Gasteiger partial charge in [0.2, 0.25) is 0 Å². The molecule has 0 unspecified atom stereocenters. The van der Waals surface area contributed by atoms with Crippen LogP contribution in [0.3, 0.4) is 0 Å². The largest absolute Gasteiger partial charge is 0.372 e. The van der Waals surface area contributed by atoms with Crippen molar-refractivity contribution in [3.05, 3.63) is 17.4 Å². The second kappa shape index (κ2) is 7.12. The van der Waals surface area contributed by atoms with Gasteiger partial charge in [-0.3, -0.25) is 9.58 Å². The molecule has 0 bridgehead atoms. The number of nitrogens with zero attached hydrogens (tertiary/aromatic N) is 3. The number of hydrogen-bond donors (Lipinski definition) is 0. The zero-order valence-electron chi connectivity index (χ0n) is 12.9. The fourth-order valence-electron chi connectivity index (χ4n) is 3.16. The third-order valence-electron chi connectivity index (χ3n) is 4.54. The standard InChI is InChI=1S/C16H26ClN3O/c1-2-3-4-15-11-19(12-16(21-15)13-5-6-13)7-8-20-10-14(17)9-18-20/h9-10,13,15-16H,2-8,11-12H2,1H3/t15-,16-/m1/s1. The SMILES string of the molecule is CCCC[C@@H]1CN(CCn2cc(Cl)cn2)C[C@H](C2CC2)O1. The molecule has 2 aliphatic rings. The summed E-state index contributed by atoms with van der Waals surface area (Å²) in [5.41, 5.74) is 0. The first kappa shape index (κ1) is 15.3. The van der Waals surface area contributed by atoms with E-state index in [9.17, 15) is 0 Å². The molecule has 2 fully saturated rings. The molecule has 1 aromatic rings. The smallest absolute Gasteiger partial charge is 0.0785 e. The lowest BCUT2D eigenvalue weighted by atomic mass is 10.1. The van der Waals surface area contributed by atoms with E-state index in [0.717, 1.165) is 32.1 Å². The van der Waals surface area contributed by atoms with Crippen LogP contribution in [0.25, 0.3) is 0 Å². The van der Waals surface area contributed by atoms with E-state index in [4.69, 9.17) is 16.3 Å². The highest BCUT2D eigenvalue weighted by molar-refractivity contribution is 6.30. The topological polar surface area (TPSA) is 30.3 Å². The molecule has 21 heavy (non-hydrogen) atoms. The van der Waals surface area contributed by atoms with E-state index in [1.165, 1.54) is 32.1 Å². The van der Waals surface area contributed by atoms with Crippen LogP contribution in [0, 0.1) is 5.92 Å². The molecule has 1 saturated carbocycles. The summed E-state index contributed by atoms with van der Waals surface area (Å²) in [5, 5.41) is 4.98. The fourth-order valence-corrected chi connectivity index (χ4v) is 3.31. The fraction of sp³-hybridized carbons (Fsp3) is 0.812. The van der Waals surface area contributed by atoms with Crippen molar-refractivity contribution in [2.45, 2.75) is 57.8 Å². The van der Waals surface area contributed by atoms with Gasteiger partial charge in [-0.25, -0.2) is 0 Å². The molecule has 3 rings (SSSR count). The molecule has 1 aliphatic carbocycles. The van der Waals surface area contributed by atoms with Crippen LogP contribution < -0.4 is 0 Å². The minimum absolute atomic E-state index is 0.422. The molecule has 0 radical (unpaired) electrons. The Hall–Kier alpha value is -0.580. The Morgan fingerprint density at radius 2 is 2.19 bits per heavy atom. The van der Waals surface area contributed by atoms with Crippen LogP contribution >= 0.6 is 11.6 Å². The lowest BCUT2D eigenvalue weighted by Crippen LogP contribution is -2.49. The molecule has 1 aliphatic heterocycles. The molecule has 0 N–H and O–H groups in total. The van der Waals surface area contributed by atoms with Crippen LogP contribution in [0.2, 0.25) is 5.02 Å². The normalized spacial score (nSPS) is 27.1. The summed E-state index contributed by atoms with van der Waals surface area (Å²) in [6, 6.07) is 0. The van der Waals surface area contributed by atoms with Gasteiger partial charge in [0.1, 0.15) is 0 Å². The van der Waals surface area contributed by atoms with Crippen molar-refractivity contribution in [1.82, 2.24) is 14.7 Å². The third kappa shape index (κ3) is 4.44. The van der Waals surface area contributed by atoms with Gasteiger partial charge < -0.3 is 4.74 Å². The van der Waals surface area contributed by atoms with Crippen LogP contribution in [0.1, 0.15) is 39.0 Å². The Morgan fingerprint density at radius 1 is 1.33 bits per heavy atom. The van der Waals surface area contributed by atoms with Gasteiger partial charge in [-0.1, -0.05) is 31.4 Å². The molecule has 0 spiro atoms. The van der Waals surface area contributed by atoms with Gasteiger partial charge in [0, 0.05) is 25.8 Å².